The molecule has 0 radical (unpaired) electrons. The molecule has 0 bridgehead atoms. The van der Waals surface area contributed by atoms with Crippen LogP contribution in [0.25, 0.3) is 0 Å². The van der Waals surface area contributed by atoms with Crippen LogP contribution in [0, 0.1) is 5.92 Å². The van der Waals surface area contributed by atoms with E-state index >= 15 is 0 Å². The molecule has 2 heteroatoms. The molecule has 1 aromatic carbocycles. The topological polar surface area (TPSA) is 29.5 Å². The maximum absolute atomic E-state index is 11.0. The highest BCUT2D eigenvalue weighted by Gasteiger charge is 2.40. The molecule has 1 aliphatic heterocycles. The Labute approximate surface area is 116 Å². The van der Waals surface area contributed by atoms with Crippen molar-refractivity contribution in [2.75, 3.05) is 6.61 Å². The number of rotatable bonds is 3. The van der Waals surface area contributed by atoms with Gasteiger partial charge in [-0.3, -0.25) is 0 Å². The molecule has 0 aliphatic carbocycles. The van der Waals surface area contributed by atoms with Gasteiger partial charge in [0, 0.05) is 12.8 Å². The van der Waals surface area contributed by atoms with Crippen LogP contribution in [0.1, 0.15) is 51.7 Å². The lowest BCUT2D eigenvalue weighted by Gasteiger charge is -2.42. The standard InChI is InChI=1S/C17H26O2/c1-13(2)10-14-6-5-7-15(11-14)17(18)8-9-19-16(3,4)12-17/h5-7,11,13,18H,8-10,12H2,1-4H3. The molecule has 1 unspecified atom stereocenters. The molecule has 1 fully saturated rings. The first-order valence-electron chi connectivity index (χ1n) is 7.26. The summed E-state index contributed by atoms with van der Waals surface area (Å²) in [5.41, 5.74) is 1.36. The summed E-state index contributed by atoms with van der Waals surface area (Å²) in [6.45, 7) is 9.17. The molecule has 2 nitrogen and oxygen atoms in total. The van der Waals surface area contributed by atoms with Crippen LogP contribution in [-0.2, 0) is 16.8 Å². The van der Waals surface area contributed by atoms with Crippen molar-refractivity contribution >= 4 is 0 Å². The molecule has 0 saturated carbocycles. The van der Waals surface area contributed by atoms with E-state index in [0.717, 1.165) is 12.0 Å². The van der Waals surface area contributed by atoms with Crippen molar-refractivity contribution < 1.29 is 9.84 Å². The van der Waals surface area contributed by atoms with Crippen molar-refractivity contribution in [1.29, 1.82) is 0 Å². The smallest absolute Gasteiger partial charge is 0.0945 e. The number of hydrogen-bond donors (Lipinski definition) is 1. The van der Waals surface area contributed by atoms with Crippen LogP contribution >= 0.6 is 0 Å². The minimum atomic E-state index is -0.741. The summed E-state index contributed by atoms with van der Waals surface area (Å²) in [6, 6.07) is 8.43. The summed E-state index contributed by atoms with van der Waals surface area (Å²) in [5.74, 6) is 0.635. The van der Waals surface area contributed by atoms with Crippen molar-refractivity contribution in [1.82, 2.24) is 0 Å². The van der Waals surface area contributed by atoms with E-state index in [-0.39, 0.29) is 5.60 Å². The highest BCUT2D eigenvalue weighted by Crippen LogP contribution is 2.39. The molecular formula is C17H26O2. The molecule has 1 aliphatic rings. The molecule has 0 amide bonds. The largest absolute Gasteiger partial charge is 0.385 e. The molecule has 0 spiro atoms. The van der Waals surface area contributed by atoms with E-state index in [0.29, 0.717) is 25.4 Å². The second-order valence-corrected chi connectivity index (χ2v) is 6.86. The number of ether oxygens (including phenoxy) is 1. The zero-order chi connectivity index (χ0) is 14.1. The Morgan fingerprint density at radius 2 is 2.05 bits per heavy atom. The van der Waals surface area contributed by atoms with Gasteiger partial charge in [-0.2, -0.15) is 0 Å². The summed E-state index contributed by atoms with van der Waals surface area (Å²) in [6.07, 6.45) is 2.40. The molecule has 19 heavy (non-hydrogen) atoms. The Morgan fingerprint density at radius 3 is 2.68 bits per heavy atom. The predicted molar refractivity (Wildman–Crippen MR) is 78.1 cm³/mol. The van der Waals surface area contributed by atoms with Gasteiger partial charge < -0.3 is 9.84 Å². The Morgan fingerprint density at radius 1 is 1.32 bits per heavy atom. The normalized spacial score (nSPS) is 26.6. The van der Waals surface area contributed by atoms with Gasteiger partial charge in [0.2, 0.25) is 0 Å². The second-order valence-electron chi connectivity index (χ2n) is 6.86. The van der Waals surface area contributed by atoms with Gasteiger partial charge in [0.15, 0.2) is 0 Å². The maximum atomic E-state index is 11.0. The van der Waals surface area contributed by atoms with Crippen LogP contribution in [0.2, 0.25) is 0 Å². The van der Waals surface area contributed by atoms with E-state index in [4.69, 9.17) is 4.74 Å². The highest BCUT2D eigenvalue weighted by molar-refractivity contribution is 5.29. The van der Waals surface area contributed by atoms with E-state index in [1.165, 1.54) is 5.56 Å². The van der Waals surface area contributed by atoms with Crippen LogP contribution < -0.4 is 0 Å². The molecule has 2 rings (SSSR count). The molecule has 1 saturated heterocycles. The lowest BCUT2D eigenvalue weighted by molar-refractivity contribution is -0.148. The summed E-state index contributed by atoms with van der Waals surface area (Å²) in [7, 11) is 0. The Hall–Kier alpha value is -0.860. The van der Waals surface area contributed by atoms with Crippen molar-refractivity contribution in [3.8, 4) is 0 Å². The summed E-state index contributed by atoms with van der Waals surface area (Å²) >= 11 is 0. The third-order valence-electron chi connectivity index (χ3n) is 3.83. The molecular weight excluding hydrogens is 236 g/mol. The van der Waals surface area contributed by atoms with Crippen LogP contribution in [0.15, 0.2) is 24.3 Å². The minimum absolute atomic E-state index is 0.249. The van der Waals surface area contributed by atoms with Gasteiger partial charge >= 0.3 is 0 Å². The molecule has 1 N–H and O–H groups in total. The average molecular weight is 262 g/mol. The second kappa shape index (κ2) is 5.26. The highest BCUT2D eigenvalue weighted by atomic mass is 16.5. The van der Waals surface area contributed by atoms with Crippen molar-refractivity contribution in [2.24, 2.45) is 5.92 Å². The van der Waals surface area contributed by atoms with Gasteiger partial charge in [0.25, 0.3) is 0 Å². The average Bonchev–Trinajstić information content (AvgIpc) is 2.26. The summed E-state index contributed by atoms with van der Waals surface area (Å²) in [4.78, 5) is 0. The van der Waals surface area contributed by atoms with Crippen LogP contribution in [0.3, 0.4) is 0 Å². The van der Waals surface area contributed by atoms with Crippen molar-refractivity contribution in [3.05, 3.63) is 35.4 Å². The van der Waals surface area contributed by atoms with Gasteiger partial charge in [-0.25, -0.2) is 0 Å². The van der Waals surface area contributed by atoms with E-state index in [2.05, 4.69) is 45.9 Å². The fourth-order valence-corrected chi connectivity index (χ4v) is 3.05. The lowest BCUT2D eigenvalue weighted by Crippen LogP contribution is -2.43. The Balaban J connectivity index is 2.25. The zero-order valence-corrected chi connectivity index (χ0v) is 12.6. The van der Waals surface area contributed by atoms with E-state index in [1.807, 2.05) is 6.07 Å². The molecule has 1 heterocycles. The van der Waals surface area contributed by atoms with E-state index in [9.17, 15) is 5.11 Å². The first-order valence-corrected chi connectivity index (χ1v) is 7.26. The SMILES string of the molecule is CC(C)Cc1cccc(C2(O)CCOC(C)(C)C2)c1. The molecule has 1 aromatic rings. The first kappa shape index (κ1) is 14.5. The number of aliphatic hydroxyl groups is 1. The maximum Gasteiger partial charge on any atom is 0.0945 e. The molecule has 106 valence electrons. The van der Waals surface area contributed by atoms with Crippen molar-refractivity contribution in [2.45, 2.75) is 58.2 Å². The third kappa shape index (κ3) is 3.58. The predicted octanol–water partition coefficient (Wildman–Crippen LogP) is 3.66. The Kier molecular flexibility index (Phi) is 4.03. The van der Waals surface area contributed by atoms with Gasteiger partial charge in [-0.15, -0.1) is 0 Å². The van der Waals surface area contributed by atoms with Gasteiger partial charge in [0.1, 0.15) is 0 Å². The van der Waals surface area contributed by atoms with E-state index in [1.54, 1.807) is 0 Å². The third-order valence-corrected chi connectivity index (χ3v) is 3.83. The van der Waals surface area contributed by atoms with E-state index < -0.39 is 5.60 Å². The lowest BCUT2D eigenvalue weighted by atomic mass is 9.79. The minimum Gasteiger partial charge on any atom is -0.385 e. The summed E-state index contributed by atoms with van der Waals surface area (Å²) in [5, 5.41) is 11.0. The van der Waals surface area contributed by atoms with Gasteiger partial charge in [0.05, 0.1) is 17.8 Å². The monoisotopic (exact) mass is 262 g/mol. The van der Waals surface area contributed by atoms with Crippen LogP contribution in [-0.4, -0.2) is 17.3 Å². The van der Waals surface area contributed by atoms with Crippen molar-refractivity contribution in [3.63, 3.8) is 0 Å². The quantitative estimate of drug-likeness (QED) is 0.900. The van der Waals surface area contributed by atoms with Crippen LogP contribution in [0.4, 0.5) is 0 Å². The fraction of sp³-hybridized carbons (Fsp3) is 0.647. The Bertz CT molecular complexity index is 437. The zero-order valence-electron chi connectivity index (χ0n) is 12.6. The molecule has 1 atom stereocenters. The first-order chi connectivity index (χ1) is 8.81. The van der Waals surface area contributed by atoms with Gasteiger partial charge in [-0.1, -0.05) is 38.1 Å². The molecule has 0 aromatic heterocycles. The number of hydrogen-bond acceptors (Lipinski definition) is 2. The van der Waals surface area contributed by atoms with Gasteiger partial charge in [-0.05, 0) is 37.3 Å². The van der Waals surface area contributed by atoms with Crippen LogP contribution in [0.5, 0.6) is 0 Å². The number of benzene rings is 1. The summed E-state index contributed by atoms with van der Waals surface area (Å²) < 4.78 is 5.72. The fourth-order valence-electron chi connectivity index (χ4n) is 3.05.